The standard InChI is InChI=1S/C26H31F2N3O2/c1-26(2,31-14-11-18-5-3-4-6-20(18)16-31)17-29-24(32)19-9-12-30(13-10-19)25(33)22-8-7-21(27)15-23(22)28/h3-8,15,19H,9-14,16-17H2,1-2H3,(H,29,32). The molecular weight excluding hydrogens is 424 g/mol. The van der Waals surface area contributed by atoms with E-state index in [1.807, 2.05) is 0 Å². The molecule has 33 heavy (non-hydrogen) atoms. The summed E-state index contributed by atoms with van der Waals surface area (Å²) in [6.07, 6.45) is 2.06. The first-order valence-electron chi connectivity index (χ1n) is 11.6. The van der Waals surface area contributed by atoms with Crippen LogP contribution in [0.15, 0.2) is 42.5 Å². The Morgan fingerprint density at radius 1 is 1.03 bits per heavy atom. The first-order chi connectivity index (χ1) is 15.7. The number of halogens is 2. The maximum Gasteiger partial charge on any atom is 0.256 e. The van der Waals surface area contributed by atoms with Crippen LogP contribution >= 0.6 is 0 Å². The van der Waals surface area contributed by atoms with Crippen LogP contribution in [0.4, 0.5) is 8.78 Å². The number of piperidine rings is 1. The summed E-state index contributed by atoms with van der Waals surface area (Å²) in [5.74, 6) is -2.21. The molecule has 0 spiro atoms. The summed E-state index contributed by atoms with van der Waals surface area (Å²) in [6.45, 7) is 7.44. The Labute approximate surface area is 193 Å². The molecule has 0 atom stereocenters. The zero-order chi connectivity index (χ0) is 23.6. The molecule has 0 unspecified atom stereocenters. The van der Waals surface area contributed by atoms with Gasteiger partial charge < -0.3 is 10.2 Å². The number of benzene rings is 2. The molecule has 0 saturated carbocycles. The minimum atomic E-state index is -0.859. The lowest BCUT2D eigenvalue weighted by atomic mass is 9.92. The van der Waals surface area contributed by atoms with E-state index in [4.69, 9.17) is 0 Å². The molecule has 1 N–H and O–H groups in total. The van der Waals surface area contributed by atoms with Crippen molar-refractivity contribution in [3.8, 4) is 0 Å². The second kappa shape index (κ2) is 9.59. The number of likely N-dealkylation sites (tertiary alicyclic amines) is 1. The molecule has 1 fully saturated rings. The summed E-state index contributed by atoms with van der Waals surface area (Å²) in [5.41, 5.74) is 2.43. The number of nitrogens with zero attached hydrogens (tertiary/aromatic N) is 2. The average molecular weight is 456 g/mol. The maximum atomic E-state index is 14.0. The lowest BCUT2D eigenvalue weighted by molar-refractivity contribution is -0.126. The molecule has 1 saturated heterocycles. The molecule has 2 aliphatic rings. The Kier molecular flexibility index (Phi) is 6.79. The normalized spacial score (nSPS) is 17.5. The molecule has 4 rings (SSSR count). The van der Waals surface area contributed by atoms with Crippen molar-refractivity contribution in [2.24, 2.45) is 5.92 Å². The van der Waals surface area contributed by atoms with Crippen LogP contribution in [0.25, 0.3) is 0 Å². The third-order valence-corrected chi connectivity index (χ3v) is 7.00. The maximum absolute atomic E-state index is 14.0. The molecule has 2 aromatic rings. The van der Waals surface area contributed by atoms with Gasteiger partial charge in [0.2, 0.25) is 5.91 Å². The van der Waals surface area contributed by atoms with Crippen molar-refractivity contribution in [1.82, 2.24) is 15.1 Å². The summed E-state index contributed by atoms with van der Waals surface area (Å²) in [4.78, 5) is 29.4. The van der Waals surface area contributed by atoms with Gasteiger partial charge in [0, 0.05) is 50.2 Å². The van der Waals surface area contributed by atoms with Crippen LogP contribution in [0.1, 0.15) is 48.2 Å². The van der Waals surface area contributed by atoms with Gasteiger partial charge in [0.25, 0.3) is 5.91 Å². The number of rotatable bonds is 5. The molecule has 2 amide bonds. The van der Waals surface area contributed by atoms with Crippen LogP contribution in [0.3, 0.4) is 0 Å². The van der Waals surface area contributed by atoms with Gasteiger partial charge in [-0.3, -0.25) is 14.5 Å². The molecule has 0 radical (unpaired) electrons. The van der Waals surface area contributed by atoms with Gasteiger partial charge >= 0.3 is 0 Å². The summed E-state index contributed by atoms with van der Waals surface area (Å²) < 4.78 is 27.1. The van der Waals surface area contributed by atoms with E-state index in [0.29, 0.717) is 32.5 Å². The first kappa shape index (κ1) is 23.4. The van der Waals surface area contributed by atoms with E-state index in [-0.39, 0.29) is 22.9 Å². The molecule has 2 aliphatic heterocycles. The lowest BCUT2D eigenvalue weighted by Crippen LogP contribution is -2.54. The van der Waals surface area contributed by atoms with Gasteiger partial charge in [-0.1, -0.05) is 24.3 Å². The van der Waals surface area contributed by atoms with Gasteiger partial charge in [0.1, 0.15) is 11.6 Å². The SMILES string of the molecule is CC(C)(CNC(=O)C1CCN(C(=O)c2ccc(F)cc2F)CC1)N1CCc2ccccc2C1. The van der Waals surface area contributed by atoms with Crippen molar-refractivity contribution in [1.29, 1.82) is 0 Å². The number of amides is 2. The number of nitrogens with one attached hydrogen (secondary N) is 1. The summed E-state index contributed by atoms with van der Waals surface area (Å²) >= 11 is 0. The van der Waals surface area contributed by atoms with Gasteiger partial charge in [-0.05, 0) is 56.4 Å². The third-order valence-electron chi connectivity index (χ3n) is 7.00. The monoisotopic (exact) mass is 455 g/mol. The van der Waals surface area contributed by atoms with Crippen molar-refractivity contribution in [3.05, 3.63) is 70.8 Å². The molecule has 0 aromatic heterocycles. The lowest BCUT2D eigenvalue weighted by Gasteiger charge is -2.42. The van der Waals surface area contributed by atoms with Crippen LogP contribution in [-0.4, -0.2) is 53.3 Å². The van der Waals surface area contributed by atoms with Crippen molar-refractivity contribution >= 4 is 11.8 Å². The van der Waals surface area contributed by atoms with Crippen molar-refractivity contribution in [2.75, 3.05) is 26.2 Å². The molecule has 2 heterocycles. The Morgan fingerprint density at radius 2 is 1.73 bits per heavy atom. The van der Waals surface area contributed by atoms with Gasteiger partial charge in [0.15, 0.2) is 0 Å². The molecule has 176 valence electrons. The molecule has 2 aromatic carbocycles. The highest BCUT2D eigenvalue weighted by molar-refractivity contribution is 5.94. The van der Waals surface area contributed by atoms with Crippen LogP contribution in [0.2, 0.25) is 0 Å². The Bertz CT molecular complexity index is 1030. The summed E-state index contributed by atoms with van der Waals surface area (Å²) in [6, 6.07) is 11.5. The van der Waals surface area contributed by atoms with Crippen molar-refractivity contribution in [2.45, 2.75) is 45.2 Å². The fourth-order valence-corrected chi connectivity index (χ4v) is 4.75. The topological polar surface area (TPSA) is 52.7 Å². The van der Waals surface area contributed by atoms with E-state index >= 15 is 0 Å². The van der Waals surface area contributed by atoms with E-state index in [9.17, 15) is 18.4 Å². The minimum Gasteiger partial charge on any atom is -0.354 e. The fourth-order valence-electron chi connectivity index (χ4n) is 4.75. The second-order valence-corrected chi connectivity index (χ2v) is 9.66. The van der Waals surface area contributed by atoms with E-state index in [1.54, 1.807) is 0 Å². The van der Waals surface area contributed by atoms with Gasteiger partial charge in [-0.2, -0.15) is 0 Å². The van der Waals surface area contributed by atoms with E-state index in [1.165, 1.54) is 22.1 Å². The average Bonchev–Trinajstić information content (AvgIpc) is 2.82. The van der Waals surface area contributed by atoms with Crippen molar-refractivity contribution < 1.29 is 18.4 Å². The van der Waals surface area contributed by atoms with Gasteiger partial charge in [0.05, 0.1) is 5.56 Å². The minimum absolute atomic E-state index is 0.000506. The smallest absolute Gasteiger partial charge is 0.256 e. The van der Waals surface area contributed by atoms with Crippen molar-refractivity contribution in [3.63, 3.8) is 0 Å². The highest BCUT2D eigenvalue weighted by Crippen LogP contribution is 2.26. The number of fused-ring (bicyclic) bond motifs is 1. The Morgan fingerprint density at radius 3 is 2.42 bits per heavy atom. The predicted octanol–water partition coefficient (Wildman–Crippen LogP) is 3.77. The molecule has 0 aliphatic carbocycles. The zero-order valence-electron chi connectivity index (χ0n) is 19.2. The van der Waals surface area contributed by atoms with Crippen LogP contribution < -0.4 is 5.32 Å². The third kappa shape index (κ3) is 5.24. The predicted molar refractivity (Wildman–Crippen MR) is 123 cm³/mol. The number of carbonyl (C=O) groups excluding carboxylic acids is 2. The highest BCUT2D eigenvalue weighted by atomic mass is 19.1. The molecule has 5 nitrogen and oxygen atoms in total. The Balaban J connectivity index is 1.27. The fraction of sp³-hybridized carbons (Fsp3) is 0.462. The quantitative estimate of drug-likeness (QED) is 0.747. The zero-order valence-corrected chi connectivity index (χ0v) is 19.2. The van der Waals surface area contributed by atoms with Gasteiger partial charge in [-0.25, -0.2) is 8.78 Å². The summed E-state index contributed by atoms with van der Waals surface area (Å²) in [7, 11) is 0. The van der Waals surface area contributed by atoms with Crippen LogP contribution in [-0.2, 0) is 17.8 Å². The molecular formula is C26H31F2N3O2. The van der Waals surface area contributed by atoms with E-state index < -0.39 is 17.5 Å². The second-order valence-electron chi connectivity index (χ2n) is 9.66. The molecule has 0 bridgehead atoms. The number of hydrogen-bond donors (Lipinski definition) is 1. The van der Waals surface area contributed by atoms with E-state index in [2.05, 4.69) is 48.3 Å². The highest BCUT2D eigenvalue weighted by Gasteiger charge is 2.33. The molecule has 7 heteroatoms. The number of hydrogen-bond acceptors (Lipinski definition) is 3. The summed E-state index contributed by atoms with van der Waals surface area (Å²) in [5, 5.41) is 3.12. The number of carbonyl (C=O) groups is 2. The van der Waals surface area contributed by atoms with Gasteiger partial charge in [-0.15, -0.1) is 0 Å². The van der Waals surface area contributed by atoms with E-state index in [0.717, 1.165) is 31.6 Å². The largest absolute Gasteiger partial charge is 0.354 e. The van der Waals surface area contributed by atoms with Crippen LogP contribution in [0.5, 0.6) is 0 Å². The first-order valence-corrected chi connectivity index (χ1v) is 11.6. The van der Waals surface area contributed by atoms with Crippen LogP contribution in [0, 0.1) is 17.6 Å². The Hall–Kier alpha value is -2.80.